The zero-order chi connectivity index (χ0) is 24.2. The minimum Gasteiger partial charge on any atom is -0.495 e. The lowest BCUT2D eigenvalue weighted by Gasteiger charge is -2.36. The minimum absolute atomic E-state index is 0.0769. The van der Waals surface area contributed by atoms with E-state index in [0.717, 1.165) is 30.1 Å². The number of nitrogens with zero attached hydrogens (tertiary/aromatic N) is 2. The lowest BCUT2D eigenvalue weighted by molar-refractivity contribution is -0.133. The van der Waals surface area contributed by atoms with Crippen molar-refractivity contribution >= 4 is 22.6 Å². The maximum Gasteiger partial charge on any atom is 0.260 e. The van der Waals surface area contributed by atoms with Gasteiger partial charge in [-0.05, 0) is 29.8 Å². The van der Waals surface area contributed by atoms with E-state index in [1.54, 1.807) is 30.2 Å². The van der Waals surface area contributed by atoms with E-state index in [1.165, 1.54) is 6.26 Å². The molecule has 178 valence electrons. The third kappa shape index (κ3) is 4.71. The Bertz CT molecular complexity index is 1390. The van der Waals surface area contributed by atoms with Crippen LogP contribution in [0.4, 0.5) is 5.69 Å². The molecule has 0 aliphatic carbocycles. The quantitative estimate of drug-likeness (QED) is 0.421. The molecule has 4 aromatic rings. The van der Waals surface area contributed by atoms with E-state index in [-0.39, 0.29) is 17.9 Å². The van der Waals surface area contributed by atoms with E-state index in [1.807, 2.05) is 54.6 Å². The average molecular weight is 471 g/mol. The van der Waals surface area contributed by atoms with Crippen molar-refractivity contribution < 1.29 is 18.7 Å². The molecule has 0 radical (unpaired) electrons. The average Bonchev–Trinajstić information content (AvgIpc) is 2.92. The Morgan fingerprint density at radius 3 is 2.46 bits per heavy atom. The minimum atomic E-state index is -0.104. The van der Waals surface area contributed by atoms with Crippen molar-refractivity contribution in [3.8, 4) is 22.6 Å². The molecule has 1 aromatic heterocycles. The highest BCUT2D eigenvalue weighted by Gasteiger charge is 2.23. The molecule has 0 spiro atoms. The topological polar surface area (TPSA) is 72.2 Å². The van der Waals surface area contributed by atoms with Crippen molar-refractivity contribution in [1.29, 1.82) is 0 Å². The van der Waals surface area contributed by atoms with Gasteiger partial charge in [0.15, 0.2) is 12.0 Å². The Hall–Kier alpha value is -4.26. The number of hydrogen-bond donors (Lipinski definition) is 0. The van der Waals surface area contributed by atoms with Gasteiger partial charge >= 0.3 is 0 Å². The predicted octanol–water partition coefficient (Wildman–Crippen LogP) is 4.20. The normalized spacial score (nSPS) is 13.6. The lowest BCUT2D eigenvalue weighted by atomic mass is 10.1. The van der Waals surface area contributed by atoms with Gasteiger partial charge in [-0.1, -0.05) is 42.5 Å². The lowest BCUT2D eigenvalue weighted by Crippen LogP contribution is -2.50. The van der Waals surface area contributed by atoms with Gasteiger partial charge in [-0.15, -0.1) is 0 Å². The standard InChI is InChI=1S/C28H26N2O5/c1-33-25-10-6-5-9-24(25)29-13-15-30(16-14-29)27(31)19-34-21-11-12-22-26(17-21)35-18-23(28(22)32)20-7-3-2-4-8-20/h2-12,17-18H,13-16,19H2,1H3. The molecule has 0 saturated carbocycles. The van der Waals surface area contributed by atoms with Gasteiger partial charge in [-0.25, -0.2) is 0 Å². The van der Waals surface area contributed by atoms with Crippen molar-refractivity contribution in [2.24, 2.45) is 0 Å². The Morgan fingerprint density at radius 1 is 0.943 bits per heavy atom. The van der Waals surface area contributed by atoms with Crippen molar-refractivity contribution in [3.63, 3.8) is 0 Å². The second-order valence-electron chi connectivity index (χ2n) is 8.33. The summed E-state index contributed by atoms with van der Waals surface area (Å²) in [5.74, 6) is 1.23. The zero-order valence-corrected chi connectivity index (χ0v) is 19.5. The number of amides is 1. The van der Waals surface area contributed by atoms with Gasteiger partial charge in [-0.3, -0.25) is 9.59 Å². The summed E-state index contributed by atoms with van der Waals surface area (Å²) in [6, 6.07) is 22.3. The Kier molecular flexibility index (Phi) is 6.39. The Morgan fingerprint density at radius 2 is 1.69 bits per heavy atom. The van der Waals surface area contributed by atoms with Crippen LogP contribution in [0, 0.1) is 0 Å². The molecule has 7 heteroatoms. The molecule has 0 bridgehead atoms. The van der Waals surface area contributed by atoms with E-state index >= 15 is 0 Å². The first-order chi connectivity index (χ1) is 17.1. The fourth-order valence-electron chi connectivity index (χ4n) is 4.34. The summed E-state index contributed by atoms with van der Waals surface area (Å²) in [4.78, 5) is 29.7. The number of benzene rings is 3. The van der Waals surface area contributed by atoms with Crippen LogP contribution in [0.2, 0.25) is 0 Å². The van der Waals surface area contributed by atoms with Crippen LogP contribution in [0.1, 0.15) is 0 Å². The highest BCUT2D eigenvalue weighted by Crippen LogP contribution is 2.28. The van der Waals surface area contributed by atoms with Gasteiger partial charge in [0, 0.05) is 32.2 Å². The van der Waals surface area contributed by atoms with Crippen LogP contribution in [-0.4, -0.2) is 50.7 Å². The molecule has 0 atom stereocenters. The van der Waals surface area contributed by atoms with Gasteiger partial charge in [0.25, 0.3) is 5.91 Å². The van der Waals surface area contributed by atoms with Gasteiger partial charge in [0.1, 0.15) is 23.3 Å². The van der Waals surface area contributed by atoms with Crippen LogP contribution < -0.4 is 19.8 Å². The fourth-order valence-corrected chi connectivity index (χ4v) is 4.34. The summed E-state index contributed by atoms with van der Waals surface area (Å²) < 4.78 is 16.9. The molecule has 1 fully saturated rings. The summed E-state index contributed by atoms with van der Waals surface area (Å²) in [5, 5.41) is 0.470. The fraction of sp³-hybridized carbons (Fsp3) is 0.214. The largest absolute Gasteiger partial charge is 0.495 e. The maximum atomic E-state index is 12.9. The molecule has 7 nitrogen and oxygen atoms in total. The van der Waals surface area contributed by atoms with Crippen molar-refractivity contribution in [1.82, 2.24) is 4.90 Å². The number of methoxy groups -OCH3 is 1. The van der Waals surface area contributed by atoms with Crippen LogP contribution in [0.3, 0.4) is 0 Å². The molecule has 3 aromatic carbocycles. The maximum absolute atomic E-state index is 12.9. The molecule has 35 heavy (non-hydrogen) atoms. The molecule has 1 saturated heterocycles. The number of anilines is 1. The first kappa shape index (κ1) is 22.5. The van der Waals surface area contributed by atoms with Gasteiger partial charge in [-0.2, -0.15) is 0 Å². The van der Waals surface area contributed by atoms with E-state index in [0.29, 0.717) is 35.4 Å². The van der Waals surface area contributed by atoms with Crippen molar-refractivity contribution in [3.05, 3.63) is 89.3 Å². The first-order valence-electron chi connectivity index (χ1n) is 11.5. The Labute approximate surface area is 203 Å². The number of para-hydroxylation sites is 2. The summed E-state index contributed by atoms with van der Waals surface area (Å²) in [7, 11) is 1.66. The van der Waals surface area contributed by atoms with Gasteiger partial charge in [0.2, 0.25) is 0 Å². The van der Waals surface area contributed by atoms with Crippen LogP contribution >= 0.6 is 0 Å². The van der Waals surface area contributed by atoms with E-state index < -0.39 is 0 Å². The first-order valence-corrected chi connectivity index (χ1v) is 11.5. The number of hydrogen-bond acceptors (Lipinski definition) is 6. The summed E-state index contributed by atoms with van der Waals surface area (Å²) in [6.07, 6.45) is 1.47. The predicted molar refractivity (Wildman–Crippen MR) is 135 cm³/mol. The Balaban J connectivity index is 1.21. The van der Waals surface area contributed by atoms with Crippen LogP contribution in [0.15, 0.2) is 88.3 Å². The monoisotopic (exact) mass is 470 g/mol. The molecule has 5 rings (SSSR count). The number of carbonyl (C=O) groups is 1. The van der Waals surface area contributed by atoms with Crippen LogP contribution in [0.5, 0.6) is 11.5 Å². The number of piperazine rings is 1. The molecular weight excluding hydrogens is 444 g/mol. The third-order valence-electron chi connectivity index (χ3n) is 6.25. The van der Waals surface area contributed by atoms with Gasteiger partial charge < -0.3 is 23.7 Å². The van der Waals surface area contributed by atoms with E-state index in [9.17, 15) is 9.59 Å². The third-order valence-corrected chi connectivity index (χ3v) is 6.25. The number of carbonyl (C=O) groups excluding carboxylic acids is 1. The van der Waals surface area contributed by atoms with Crippen molar-refractivity contribution in [2.45, 2.75) is 0 Å². The molecule has 1 amide bonds. The molecule has 0 unspecified atom stereocenters. The van der Waals surface area contributed by atoms with Gasteiger partial charge in [0.05, 0.1) is 23.7 Å². The molecular formula is C28H26N2O5. The molecule has 0 N–H and O–H groups in total. The second-order valence-corrected chi connectivity index (χ2v) is 8.33. The van der Waals surface area contributed by atoms with E-state index in [4.69, 9.17) is 13.9 Å². The second kappa shape index (κ2) is 9.93. The molecule has 1 aliphatic heterocycles. The van der Waals surface area contributed by atoms with Crippen LogP contribution in [-0.2, 0) is 4.79 Å². The molecule has 1 aliphatic rings. The van der Waals surface area contributed by atoms with E-state index in [2.05, 4.69) is 4.90 Å². The number of rotatable bonds is 6. The highest BCUT2D eigenvalue weighted by atomic mass is 16.5. The SMILES string of the molecule is COc1ccccc1N1CCN(C(=O)COc2ccc3c(=O)c(-c4ccccc4)coc3c2)CC1. The zero-order valence-electron chi connectivity index (χ0n) is 19.5. The summed E-state index contributed by atoms with van der Waals surface area (Å²) in [5.41, 5.74) is 2.67. The smallest absolute Gasteiger partial charge is 0.260 e. The highest BCUT2D eigenvalue weighted by molar-refractivity contribution is 5.83. The van der Waals surface area contributed by atoms with Crippen LogP contribution in [0.25, 0.3) is 22.1 Å². The summed E-state index contributed by atoms with van der Waals surface area (Å²) in [6.45, 7) is 2.57. The summed E-state index contributed by atoms with van der Waals surface area (Å²) >= 11 is 0. The van der Waals surface area contributed by atoms with Crippen molar-refractivity contribution in [2.75, 3.05) is 44.8 Å². The number of fused-ring (bicyclic) bond motifs is 1. The number of ether oxygens (including phenoxy) is 2. The molecule has 2 heterocycles.